The zero-order valence-corrected chi connectivity index (χ0v) is 12.2. The van der Waals surface area contributed by atoms with E-state index in [0.717, 1.165) is 11.8 Å². The highest BCUT2D eigenvalue weighted by Crippen LogP contribution is 2.31. The van der Waals surface area contributed by atoms with Crippen molar-refractivity contribution in [2.75, 3.05) is 5.73 Å². The SMILES string of the molecule is CCn1c(Sc2ccc(N)cc2S(N)(=O)=O)n[nH]c1=O. The fraction of sp³-hybridized carbons (Fsp3) is 0.200. The third-order valence-corrected chi connectivity index (χ3v) is 4.67. The number of sulfonamides is 1. The molecule has 5 N–H and O–H groups in total. The van der Waals surface area contributed by atoms with E-state index in [9.17, 15) is 13.2 Å². The molecular weight excluding hydrogens is 302 g/mol. The van der Waals surface area contributed by atoms with Crippen molar-refractivity contribution in [3.63, 3.8) is 0 Å². The third-order valence-electron chi connectivity index (χ3n) is 2.52. The summed E-state index contributed by atoms with van der Waals surface area (Å²) >= 11 is 1.03. The van der Waals surface area contributed by atoms with Crippen LogP contribution in [0.3, 0.4) is 0 Å². The van der Waals surface area contributed by atoms with Gasteiger partial charge in [0.05, 0.1) is 4.90 Å². The van der Waals surface area contributed by atoms with Gasteiger partial charge in [-0.25, -0.2) is 23.4 Å². The van der Waals surface area contributed by atoms with E-state index >= 15 is 0 Å². The predicted octanol–water partition coefficient (Wildman–Crippen LogP) is -0.0279. The highest BCUT2D eigenvalue weighted by molar-refractivity contribution is 8.00. The maximum Gasteiger partial charge on any atom is 0.343 e. The van der Waals surface area contributed by atoms with Gasteiger partial charge in [-0.1, -0.05) is 0 Å². The molecule has 0 atom stereocenters. The van der Waals surface area contributed by atoms with Gasteiger partial charge in [0.2, 0.25) is 10.0 Å². The summed E-state index contributed by atoms with van der Waals surface area (Å²) in [4.78, 5) is 11.7. The van der Waals surface area contributed by atoms with Crippen LogP contribution in [0.2, 0.25) is 0 Å². The van der Waals surface area contributed by atoms with Crippen LogP contribution in [0.1, 0.15) is 6.92 Å². The zero-order valence-electron chi connectivity index (χ0n) is 10.5. The maximum atomic E-state index is 11.6. The number of nitrogen functional groups attached to an aromatic ring is 1. The van der Waals surface area contributed by atoms with Crippen LogP contribution >= 0.6 is 11.8 Å². The number of nitrogens with zero attached hydrogens (tertiary/aromatic N) is 2. The molecule has 0 aliphatic carbocycles. The molecular formula is C10H13N5O3S2. The number of anilines is 1. The minimum absolute atomic E-state index is 0.0967. The van der Waals surface area contributed by atoms with E-state index in [-0.39, 0.29) is 16.3 Å². The summed E-state index contributed by atoms with van der Waals surface area (Å²) < 4.78 is 24.5. The molecule has 20 heavy (non-hydrogen) atoms. The molecule has 0 unspecified atom stereocenters. The maximum absolute atomic E-state index is 11.6. The Bertz CT molecular complexity index is 793. The lowest BCUT2D eigenvalue weighted by molar-refractivity contribution is 0.595. The van der Waals surface area contributed by atoms with Crippen molar-refractivity contribution >= 4 is 27.5 Å². The quantitative estimate of drug-likeness (QED) is 0.678. The molecule has 0 aliphatic heterocycles. The highest BCUT2D eigenvalue weighted by Gasteiger charge is 2.18. The van der Waals surface area contributed by atoms with E-state index in [1.807, 2.05) is 0 Å². The van der Waals surface area contributed by atoms with Crippen molar-refractivity contribution in [1.29, 1.82) is 0 Å². The molecule has 0 aliphatic rings. The Hall–Kier alpha value is -1.78. The molecule has 0 fully saturated rings. The van der Waals surface area contributed by atoms with Gasteiger partial charge in [-0.15, -0.1) is 5.10 Å². The van der Waals surface area contributed by atoms with Gasteiger partial charge in [-0.05, 0) is 36.9 Å². The predicted molar refractivity (Wildman–Crippen MR) is 74.9 cm³/mol. The number of benzene rings is 1. The summed E-state index contributed by atoms with van der Waals surface area (Å²) in [5, 5.41) is 11.7. The Balaban J connectivity index is 2.52. The van der Waals surface area contributed by atoms with Gasteiger partial charge in [0, 0.05) is 17.1 Å². The zero-order chi connectivity index (χ0) is 14.9. The van der Waals surface area contributed by atoms with Crippen LogP contribution in [0, 0.1) is 0 Å². The first-order valence-electron chi connectivity index (χ1n) is 5.58. The largest absolute Gasteiger partial charge is 0.399 e. The van der Waals surface area contributed by atoms with Crippen molar-refractivity contribution in [2.24, 2.45) is 5.14 Å². The number of aromatic nitrogens is 3. The normalized spacial score (nSPS) is 11.7. The summed E-state index contributed by atoms with van der Waals surface area (Å²) in [6.45, 7) is 2.20. The molecule has 0 bridgehead atoms. The summed E-state index contributed by atoms with van der Waals surface area (Å²) in [5.74, 6) is 0. The number of hydrogen-bond acceptors (Lipinski definition) is 6. The number of rotatable bonds is 4. The lowest BCUT2D eigenvalue weighted by Crippen LogP contribution is -2.16. The number of primary sulfonamides is 1. The Morgan fingerprint density at radius 2 is 2.15 bits per heavy atom. The smallest absolute Gasteiger partial charge is 0.343 e. The van der Waals surface area contributed by atoms with E-state index < -0.39 is 10.0 Å². The number of nitrogens with two attached hydrogens (primary N) is 2. The molecule has 1 aromatic carbocycles. The lowest BCUT2D eigenvalue weighted by atomic mass is 10.3. The van der Waals surface area contributed by atoms with E-state index in [2.05, 4.69) is 10.2 Å². The molecule has 8 nitrogen and oxygen atoms in total. The average Bonchev–Trinajstić information content (AvgIpc) is 2.71. The van der Waals surface area contributed by atoms with Gasteiger partial charge in [0.25, 0.3) is 0 Å². The monoisotopic (exact) mass is 315 g/mol. The van der Waals surface area contributed by atoms with Gasteiger partial charge in [0.15, 0.2) is 5.16 Å². The molecule has 0 amide bonds. The summed E-state index contributed by atoms with van der Waals surface area (Å²) in [5.41, 5.74) is 5.50. The van der Waals surface area contributed by atoms with E-state index in [4.69, 9.17) is 10.9 Å². The number of H-pyrrole nitrogens is 1. The Kier molecular flexibility index (Phi) is 3.88. The van der Waals surface area contributed by atoms with Gasteiger partial charge in [-0.3, -0.25) is 4.57 Å². The summed E-state index contributed by atoms with van der Waals surface area (Å²) in [7, 11) is -3.92. The molecule has 1 heterocycles. The van der Waals surface area contributed by atoms with Crippen LogP contribution in [0.5, 0.6) is 0 Å². The molecule has 2 aromatic rings. The Morgan fingerprint density at radius 1 is 1.45 bits per heavy atom. The van der Waals surface area contributed by atoms with E-state index in [1.54, 1.807) is 13.0 Å². The minimum Gasteiger partial charge on any atom is -0.399 e. The molecule has 0 spiro atoms. The highest BCUT2D eigenvalue weighted by atomic mass is 32.2. The van der Waals surface area contributed by atoms with E-state index in [1.165, 1.54) is 16.7 Å². The van der Waals surface area contributed by atoms with Crippen molar-refractivity contribution in [1.82, 2.24) is 14.8 Å². The van der Waals surface area contributed by atoms with Crippen LogP contribution in [0.4, 0.5) is 5.69 Å². The summed E-state index contributed by atoms with van der Waals surface area (Å²) in [6, 6.07) is 4.36. The molecule has 0 saturated heterocycles. The minimum atomic E-state index is -3.92. The number of nitrogens with one attached hydrogen (secondary N) is 1. The second-order valence-corrected chi connectivity index (χ2v) is 6.45. The fourth-order valence-electron chi connectivity index (χ4n) is 1.59. The third kappa shape index (κ3) is 2.86. The topological polar surface area (TPSA) is 137 Å². The van der Waals surface area contributed by atoms with Gasteiger partial charge < -0.3 is 5.73 Å². The molecule has 1 aromatic heterocycles. The van der Waals surface area contributed by atoms with Gasteiger partial charge in [-0.2, -0.15) is 0 Å². The van der Waals surface area contributed by atoms with Crippen LogP contribution in [-0.2, 0) is 16.6 Å². The van der Waals surface area contributed by atoms with Crippen LogP contribution in [-0.4, -0.2) is 23.2 Å². The number of hydrogen-bond donors (Lipinski definition) is 3. The van der Waals surface area contributed by atoms with Crippen LogP contribution in [0.15, 0.2) is 37.9 Å². The van der Waals surface area contributed by atoms with Crippen molar-refractivity contribution in [3.05, 3.63) is 28.7 Å². The van der Waals surface area contributed by atoms with Crippen molar-refractivity contribution in [2.45, 2.75) is 28.4 Å². The first-order valence-corrected chi connectivity index (χ1v) is 7.94. The Labute approximate surface area is 119 Å². The van der Waals surface area contributed by atoms with Crippen molar-refractivity contribution in [3.8, 4) is 0 Å². The summed E-state index contributed by atoms with van der Waals surface area (Å²) in [6.07, 6.45) is 0. The second kappa shape index (κ2) is 5.31. The first kappa shape index (κ1) is 14.6. The second-order valence-electron chi connectivity index (χ2n) is 3.91. The number of aromatic amines is 1. The lowest BCUT2D eigenvalue weighted by Gasteiger charge is -2.08. The van der Waals surface area contributed by atoms with Crippen molar-refractivity contribution < 1.29 is 8.42 Å². The van der Waals surface area contributed by atoms with Gasteiger partial charge in [0.1, 0.15) is 0 Å². The Morgan fingerprint density at radius 3 is 2.75 bits per heavy atom. The van der Waals surface area contributed by atoms with Crippen LogP contribution in [0.25, 0.3) is 0 Å². The fourth-order valence-corrected chi connectivity index (χ4v) is 3.62. The van der Waals surface area contributed by atoms with Gasteiger partial charge >= 0.3 is 5.69 Å². The average molecular weight is 315 g/mol. The molecule has 0 radical (unpaired) electrons. The van der Waals surface area contributed by atoms with Crippen LogP contribution < -0.4 is 16.6 Å². The first-order chi connectivity index (χ1) is 9.32. The van der Waals surface area contributed by atoms with E-state index in [0.29, 0.717) is 16.6 Å². The molecule has 2 rings (SSSR count). The molecule has 0 saturated carbocycles. The molecule has 108 valence electrons. The molecule has 10 heteroatoms. The standard InChI is InChI=1S/C10H13N5O3S2/c1-2-15-9(16)13-14-10(15)19-7-4-3-6(11)5-8(7)20(12,17)18/h3-5H,2,11H2,1H3,(H,13,16)(H2,12,17,18).